The standard InChI is InChI=1S/C21H23F3N4O3/c1-26(2)15-7-8-17(16(13-15)21(22,23)24)25-20(29)14-9-11-27(12-10-14)18-5-3-4-6-19(18)28(30)31/h3-8,13-14H,9-12H2,1-2H3,(H,25,29). The SMILES string of the molecule is CN(C)c1ccc(NC(=O)C2CCN(c3ccccc3[N+](=O)[O-])CC2)c(C(F)(F)F)c1. The summed E-state index contributed by atoms with van der Waals surface area (Å²) < 4.78 is 40.5. The van der Waals surface area contributed by atoms with Crippen molar-refractivity contribution < 1.29 is 22.9 Å². The first-order valence-electron chi connectivity index (χ1n) is 9.75. The highest BCUT2D eigenvalue weighted by atomic mass is 19.4. The van der Waals surface area contributed by atoms with Crippen LogP contribution in [0.2, 0.25) is 0 Å². The lowest BCUT2D eigenvalue weighted by Gasteiger charge is -2.32. The Hall–Kier alpha value is -3.30. The summed E-state index contributed by atoms with van der Waals surface area (Å²) in [6, 6.07) is 10.1. The van der Waals surface area contributed by atoms with Gasteiger partial charge in [0.25, 0.3) is 5.69 Å². The minimum Gasteiger partial charge on any atom is -0.378 e. The number of nitro benzene ring substituents is 1. The number of nitrogens with zero attached hydrogens (tertiary/aromatic N) is 3. The lowest BCUT2D eigenvalue weighted by Crippen LogP contribution is -2.38. The number of carbonyl (C=O) groups is 1. The van der Waals surface area contributed by atoms with E-state index in [0.717, 1.165) is 6.07 Å². The second-order valence-corrected chi connectivity index (χ2v) is 7.62. The number of carbonyl (C=O) groups excluding carboxylic acids is 1. The summed E-state index contributed by atoms with van der Waals surface area (Å²) in [6.07, 6.45) is -3.84. The topological polar surface area (TPSA) is 78.7 Å². The Morgan fingerprint density at radius 2 is 1.81 bits per heavy atom. The molecule has 1 fully saturated rings. The van der Waals surface area contributed by atoms with Crippen molar-refractivity contribution in [1.82, 2.24) is 0 Å². The molecule has 0 aromatic heterocycles. The van der Waals surface area contributed by atoms with Crippen molar-refractivity contribution in [2.45, 2.75) is 19.0 Å². The predicted octanol–water partition coefficient (Wildman–Crippen LogP) is 4.53. The molecule has 0 atom stereocenters. The number of nitro groups is 1. The van der Waals surface area contributed by atoms with Gasteiger partial charge < -0.3 is 15.1 Å². The monoisotopic (exact) mass is 436 g/mol. The number of piperidine rings is 1. The molecule has 1 N–H and O–H groups in total. The van der Waals surface area contributed by atoms with Gasteiger partial charge in [-0.1, -0.05) is 12.1 Å². The molecule has 166 valence electrons. The number of amides is 1. The number of anilines is 3. The van der Waals surface area contributed by atoms with Crippen LogP contribution in [-0.4, -0.2) is 38.0 Å². The molecule has 31 heavy (non-hydrogen) atoms. The summed E-state index contributed by atoms with van der Waals surface area (Å²) >= 11 is 0. The van der Waals surface area contributed by atoms with E-state index in [-0.39, 0.29) is 11.4 Å². The van der Waals surface area contributed by atoms with Crippen molar-refractivity contribution in [3.05, 3.63) is 58.1 Å². The van der Waals surface area contributed by atoms with E-state index in [1.807, 2.05) is 4.90 Å². The van der Waals surface area contributed by atoms with E-state index in [0.29, 0.717) is 37.3 Å². The van der Waals surface area contributed by atoms with Gasteiger partial charge in [0.15, 0.2) is 0 Å². The highest BCUT2D eigenvalue weighted by Crippen LogP contribution is 2.38. The van der Waals surface area contributed by atoms with Crippen molar-refractivity contribution in [2.24, 2.45) is 5.92 Å². The Labute approximate surface area is 177 Å². The second kappa shape index (κ2) is 8.83. The van der Waals surface area contributed by atoms with Crippen LogP contribution in [0.25, 0.3) is 0 Å². The molecule has 0 unspecified atom stereocenters. The highest BCUT2D eigenvalue weighted by molar-refractivity contribution is 5.94. The lowest BCUT2D eigenvalue weighted by atomic mass is 9.95. The van der Waals surface area contributed by atoms with Crippen LogP contribution in [0.3, 0.4) is 0 Å². The third-order valence-corrected chi connectivity index (χ3v) is 5.37. The summed E-state index contributed by atoms with van der Waals surface area (Å²) in [5.41, 5.74) is -0.331. The van der Waals surface area contributed by atoms with E-state index < -0.39 is 28.5 Å². The normalized spacial score (nSPS) is 14.9. The summed E-state index contributed by atoms with van der Waals surface area (Å²) in [5.74, 6) is -0.959. The summed E-state index contributed by atoms with van der Waals surface area (Å²) in [4.78, 5) is 26.8. The van der Waals surface area contributed by atoms with Crippen molar-refractivity contribution in [3.8, 4) is 0 Å². The van der Waals surface area contributed by atoms with Gasteiger partial charge in [0, 0.05) is 44.9 Å². The maximum atomic E-state index is 13.5. The molecular formula is C21H23F3N4O3. The van der Waals surface area contributed by atoms with E-state index in [9.17, 15) is 28.1 Å². The average Bonchev–Trinajstić information content (AvgIpc) is 2.73. The van der Waals surface area contributed by atoms with Gasteiger partial charge in [-0.3, -0.25) is 14.9 Å². The van der Waals surface area contributed by atoms with Crippen molar-refractivity contribution in [2.75, 3.05) is 42.3 Å². The van der Waals surface area contributed by atoms with Crippen LogP contribution < -0.4 is 15.1 Å². The van der Waals surface area contributed by atoms with Gasteiger partial charge in [-0.2, -0.15) is 13.2 Å². The Kier molecular flexibility index (Phi) is 6.37. The molecule has 0 radical (unpaired) electrons. The third kappa shape index (κ3) is 5.07. The number of rotatable bonds is 5. The van der Waals surface area contributed by atoms with Gasteiger partial charge in [0.1, 0.15) is 5.69 Å². The first kappa shape index (κ1) is 22.4. The van der Waals surface area contributed by atoms with E-state index in [4.69, 9.17) is 0 Å². The molecular weight excluding hydrogens is 413 g/mol. The fraction of sp³-hybridized carbons (Fsp3) is 0.381. The Morgan fingerprint density at radius 3 is 2.39 bits per heavy atom. The molecule has 1 aliphatic rings. The maximum Gasteiger partial charge on any atom is 0.418 e. The van der Waals surface area contributed by atoms with Crippen LogP contribution >= 0.6 is 0 Å². The molecule has 0 saturated carbocycles. The van der Waals surface area contributed by atoms with E-state index in [1.54, 1.807) is 37.2 Å². The molecule has 0 spiro atoms. The zero-order valence-corrected chi connectivity index (χ0v) is 17.1. The van der Waals surface area contributed by atoms with Gasteiger partial charge in [-0.05, 0) is 37.1 Å². The Morgan fingerprint density at radius 1 is 1.16 bits per heavy atom. The molecule has 2 aromatic carbocycles. The molecule has 1 heterocycles. The Bertz CT molecular complexity index is 971. The third-order valence-electron chi connectivity index (χ3n) is 5.37. The van der Waals surface area contributed by atoms with E-state index in [2.05, 4.69) is 5.32 Å². The molecule has 10 heteroatoms. The zero-order chi connectivity index (χ0) is 22.8. The van der Waals surface area contributed by atoms with Crippen LogP contribution in [0.4, 0.5) is 35.9 Å². The smallest absolute Gasteiger partial charge is 0.378 e. The maximum absolute atomic E-state index is 13.5. The van der Waals surface area contributed by atoms with Crippen molar-refractivity contribution >= 4 is 28.7 Å². The number of hydrogen-bond donors (Lipinski definition) is 1. The first-order chi connectivity index (χ1) is 14.6. The van der Waals surface area contributed by atoms with Crippen LogP contribution in [0.15, 0.2) is 42.5 Å². The van der Waals surface area contributed by atoms with Gasteiger partial charge >= 0.3 is 6.18 Å². The van der Waals surface area contributed by atoms with Gasteiger partial charge in [-0.15, -0.1) is 0 Å². The van der Waals surface area contributed by atoms with Crippen molar-refractivity contribution in [1.29, 1.82) is 0 Å². The summed E-state index contributed by atoms with van der Waals surface area (Å²) in [6.45, 7) is 0.795. The lowest BCUT2D eigenvalue weighted by molar-refractivity contribution is -0.384. The number of benzene rings is 2. The van der Waals surface area contributed by atoms with E-state index >= 15 is 0 Å². The summed E-state index contributed by atoms with van der Waals surface area (Å²) in [7, 11) is 3.27. The molecule has 1 saturated heterocycles. The predicted molar refractivity (Wildman–Crippen MR) is 112 cm³/mol. The van der Waals surface area contributed by atoms with E-state index in [1.165, 1.54) is 18.2 Å². The first-order valence-corrected chi connectivity index (χ1v) is 9.75. The number of para-hydroxylation sites is 2. The number of hydrogen-bond acceptors (Lipinski definition) is 5. The highest BCUT2D eigenvalue weighted by Gasteiger charge is 2.35. The second-order valence-electron chi connectivity index (χ2n) is 7.62. The quantitative estimate of drug-likeness (QED) is 0.550. The minimum atomic E-state index is -4.61. The Balaban J connectivity index is 1.71. The molecule has 1 amide bonds. The number of alkyl halides is 3. The van der Waals surface area contributed by atoms with Crippen LogP contribution in [0.1, 0.15) is 18.4 Å². The van der Waals surface area contributed by atoms with Crippen LogP contribution in [-0.2, 0) is 11.0 Å². The largest absolute Gasteiger partial charge is 0.418 e. The molecule has 0 aliphatic carbocycles. The fourth-order valence-corrected chi connectivity index (χ4v) is 3.66. The van der Waals surface area contributed by atoms with Gasteiger partial charge in [-0.25, -0.2) is 0 Å². The van der Waals surface area contributed by atoms with Crippen molar-refractivity contribution in [3.63, 3.8) is 0 Å². The summed E-state index contributed by atoms with van der Waals surface area (Å²) in [5, 5.41) is 13.7. The number of nitrogens with one attached hydrogen (secondary N) is 1. The molecule has 1 aliphatic heterocycles. The number of halogens is 3. The van der Waals surface area contributed by atoms with Gasteiger partial charge in [0.05, 0.1) is 16.2 Å². The zero-order valence-electron chi connectivity index (χ0n) is 17.1. The molecule has 2 aromatic rings. The van der Waals surface area contributed by atoms with Crippen LogP contribution in [0.5, 0.6) is 0 Å². The molecule has 7 nitrogen and oxygen atoms in total. The fourth-order valence-electron chi connectivity index (χ4n) is 3.66. The average molecular weight is 436 g/mol. The molecule has 0 bridgehead atoms. The van der Waals surface area contributed by atoms with Gasteiger partial charge in [0.2, 0.25) is 5.91 Å². The van der Waals surface area contributed by atoms with Crippen LogP contribution in [0, 0.1) is 16.0 Å². The minimum absolute atomic E-state index is 0.0128. The molecule has 3 rings (SSSR count).